The maximum Gasteiger partial charge on any atom is 0.252 e. The van der Waals surface area contributed by atoms with Crippen molar-refractivity contribution in [3.63, 3.8) is 0 Å². The Balaban J connectivity index is 2.06. The maximum atomic E-state index is 12.5. The van der Waals surface area contributed by atoms with E-state index in [-0.39, 0.29) is 29.7 Å². The molecule has 1 heterocycles. The first kappa shape index (κ1) is 15.9. The molecule has 2 amide bonds. The van der Waals surface area contributed by atoms with Crippen molar-refractivity contribution in [2.75, 3.05) is 12.3 Å². The molecule has 21 heavy (non-hydrogen) atoms. The zero-order chi connectivity index (χ0) is 15.2. The molecule has 5 nitrogen and oxygen atoms in total. The van der Waals surface area contributed by atoms with Gasteiger partial charge in [-0.05, 0) is 38.4 Å². The van der Waals surface area contributed by atoms with E-state index in [0.717, 1.165) is 24.3 Å². The Labute approximate surface area is 129 Å². The van der Waals surface area contributed by atoms with Gasteiger partial charge >= 0.3 is 0 Å². The summed E-state index contributed by atoms with van der Waals surface area (Å²) in [6.45, 7) is 3.08. The lowest BCUT2D eigenvalue weighted by Gasteiger charge is -2.30. The van der Waals surface area contributed by atoms with Gasteiger partial charge in [-0.3, -0.25) is 9.59 Å². The highest BCUT2D eigenvalue weighted by atomic mass is 32.2. The van der Waals surface area contributed by atoms with Crippen LogP contribution in [0, 0.1) is 0 Å². The molecule has 0 saturated carbocycles. The minimum absolute atomic E-state index is 0.0943. The van der Waals surface area contributed by atoms with Crippen LogP contribution in [-0.2, 0) is 4.79 Å². The molecule has 114 valence electrons. The molecular formula is C15H21N3O2S. The molecule has 0 spiro atoms. The molecule has 0 radical (unpaired) electrons. The SMILES string of the molecule is CC1NCCCC1NC(=O)c1ccccc1SCC(N)=O. The van der Waals surface area contributed by atoms with Crippen LogP contribution < -0.4 is 16.4 Å². The average Bonchev–Trinajstić information content (AvgIpc) is 2.47. The Morgan fingerprint density at radius 2 is 2.19 bits per heavy atom. The van der Waals surface area contributed by atoms with Gasteiger partial charge in [-0.25, -0.2) is 0 Å². The topological polar surface area (TPSA) is 84.2 Å². The number of amides is 2. The van der Waals surface area contributed by atoms with Crippen LogP contribution in [0.5, 0.6) is 0 Å². The third-order valence-electron chi connectivity index (χ3n) is 3.58. The Kier molecular flexibility index (Phi) is 5.64. The summed E-state index contributed by atoms with van der Waals surface area (Å²) in [5.74, 6) is -0.311. The summed E-state index contributed by atoms with van der Waals surface area (Å²) in [7, 11) is 0. The summed E-state index contributed by atoms with van der Waals surface area (Å²) in [5, 5.41) is 6.44. The number of carbonyl (C=O) groups excluding carboxylic acids is 2. The number of carbonyl (C=O) groups is 2. The Morgan fingerprint density at radius 1 is 1.43 bits per heavy atom. The first-order valence-electron chi connectivity index (χ1n) is 7.12. The Morgan fingerprint density at radius 3 is 2.90 bits per heavy atom. The summed E-state index contributed by atoms with van der Waals surface area (Å²) in [5.41, 5.74) is 5.76. The van der Waals surface area contributed by atoms with Crippen LogP contribution in [0.3, 0.4) is 0 Å². The molecule has 1 aromatic rings. The minimum atomic E-state index is -0.389. The predicted molar refractivity (Wildman–Crippen MR) is 84.3 cm³/mol. The summed E-state index contributed by atoms with van der Waals surface area (Å²) < 4.78 is 0. The van der Waals surface area contributed by atoms with Crippen LogP contribution >= 0.6 is 11.8 Å². The van der Waals surface area contributed by atoms with Crippen molar-refractivity contribution < 1.29 is 9.59 Å². The number of rotatable bonds is 5. The molecule has 6 heteroatoms. The van der Waals surface area contributed by atoms with Gasteiger partial charge in [0.2, 0.25) is 5.91 Å². The van der Waals surface area contributed by atoms with Crippen molar-refractivity contribution in [1.82, 2.24) is 10.6 Å². The van der Waals surface area contributed by atoms with Gasteiger partial charge in [-0.1, -0.05) is 12.1 Å². The van der Waals surface area contributed by atoms with Gasteiger partial charge in [-0.15, -0.1) is 11.8 Å². The lowest BCUT2D eigenvalue weighted by Crippen LogP contribution is -2.51. The highest BCUT2D eigenvalue weighted by Crippen LogP contribution is 2.22. The molecule has 2 rings (SSSR count). The molecule has 2 unspecified atom stereocenters. The number of benzene rings is 1. The van der Waals surface area contributed by atoms with Gasteiger partial charge in [0.05, 0.1) is 11.3 Å². The van der Waals surface area contributed by atoms with E-state index in [1.165, 1.54) is 11.8 Å². The Bertz CT molecular complexity index is 521. The first-order chi connectivity index (χ1) is 10.1. The normalized spacial score (nSPS) is 21.8. The van der Waals surface area contributed by atoms with E-state index in [9.17, 15) is 9.59 Å². The van der Waals surface area contributed by atoms with Gasteiger partial charge in [0.25, 0.3) is 5.91 Å². The van der Waals surface area contributed by atoms with Gasteiger partial charge < -0.3 is 16.4 Å². The molecule has 1 aromatic carbocycles. The predicted octanol–water partition coefficient (Wildman–Crippen LogP) is 1.13. The van der Waals surface area contributed by atoms with Crippen molar-refractivity contribution in [1.29, 1.82) is 0 Å². The highest BCUT2D eigenvalue weighted by molar-refractivity contribution is 8.00. The van der Waals surface area contributed by atoms with E-state index in [1.54, 1.807) is 6.07 Å². The minimum Gasteiger partial charge on any atom is -0.369 e. The van der Waals surface area contributed by atoms with E-state index in [1.807, 2.05) is 18.2 Å². The summed E-state index contributed by atoms with van der Waals surface area (Å²) >= 11 is 1.30. The average molecular weight is 307 g/mol. The van der Waals surface area contributed by atoms with Gasteiger partial charge in [0, 0.05) is 17.0 Å². The zero-order valence-electron chi connectivity index (χ0n) is 12.1. The number of piperidine rings is 1. The fraction of sp³-hybridized carbons (Fsp3) is 0.467. The molecular weight excluding hydrogens is 286 g/mol. The third-order valence-corrected chi connectivity index (χ3v) is 4.68. The van der Waals surface area contributed by atoms with Gasteiger partial charge in [0.1, 0.15) is 0 Å². The molecule has 1 fully saturated rings. The van der Waals surface area contributed by atoms with Crippen molar-refractivity contribution >= 4 is 23.6 Å². The van der Waals surface area contributed by atoms with Crippen LogP contribution in [0.25, 0.3) is 0 Å². The number of thioether (sulfide) groups is 1. The van der Waals surface area contributed by atoms with Crippen LogP contribution in [-0.4, -0.2) is 36.2 Å². The van der Waals surface area contributed by atoms with E-state index in [2.05, 4.69) is 17.6 Å². The molecule has 1 saturated heterocycles. The highest BCUT2D eigenvalue weighted by Gasteiger charge is 2.23. The van der Waals surface area contributed by atoms with Crippen molar-refractivity contribution in [3.05, 3.63) is 29.8 Å². The molecule has 1 aliphatic heterocycles. The van der Waals surface area contributed by atoms with E-state index in [0.29, 0.717) is 5.56 Å². The number of nitrogens with one attached hydrogen (secondary N) is 2. The van der Waals surface area contributed by atoms with Crippen LogP contribution in [0.15, 0.2) is 29.2 Å². The molecule has 2 atom stereocenters. The molecule has 4 N–H and O–H groups in total. The quantitative estimate of drug-likeness (QED) is 0.712. The fourth-order valence-electron chi connectivity index (χ4n) is 2.42. The second-order valence-electron chi connectivity index (χ2n) is 5.22. The van der Waals surface area contributed by atoms with E-state index >= 15 is 0 Å². The van der Waals surface area contributed by atoms with E-state index < -0.39 is 0 Å². The monoisotopic (exact) mass is 307 g/mol. The summed E-state index contributed by atoms with van der Waals surface area (Å²) in [6, 6.07) is 7.70. The van der Waals surface area contributed by atoms with E-state index in [4.69, 9.17) is 5.73 Å². The van der Waals surface area contributed by atoms with Crippen LogP contribution in [0.2, 0.25) is 0 Å². The van der Waals surface area contributed by atoms with Crippen molar-refractivity contribution in [2.24, 2.45) is 5.73 Å². The van der Waals surface area contributed by atoms with Crippen molar-refractivity contribution in [3.8, 4) is 0 Å². The smallest absolute Gasteiger partial charge is 0.252 e. The number of primary amides is 1. The van der Waals surface area contributed by atoms with Crippen LogP contribution in [0.1, 0.15) is 30.1 Å². The van der Waals surface area contributed by atoms with Gasteiger partial charge in [0.15, 0.2) is 0 Å². The second-order valence-corrected chi connectivity index (χ2v) is 6.23. The number of hydrogen-bond acceptors (Lipinski definition) is 4. The lowest BCUT2D eigenvalue weighted by atomic mass is 9.99. The first-order valence-corrected chi connectivity index (χ1v) is 8.11. The zero-order valence-corrected chi connectivity index (χ0v) is 12.9. The van der Waals surface area contributed by atoms with Crippen molar-refractivity contribution in [2.45, 2.75) is 36.7 Å². The lowest BCUT2D eigenvalue weighted by molar-refractivity contribution is -0.115. The maximum absolute atomic E-state index is 12.5. The number of hydrogen-bond donors (Lipinski definition) is 3. The van der Waals surface area contributed by atoms with Gasteiger partial charge in [-0.2, -0.15) is 0 Å². The summed E-state index contributed by atoms with van der Waals surface area (Å²) in [4.78, 5) is 24.1. The Hall–Kier alpha value is -1.53. The summed E-state index contributed by atoms with van der Waals surface area (Å²) in [6.07, 6.45) is 2.05. The molecule has 0 bridgehead atoms. The largest absolute Gasteiger partial charge is 0.369 e. The third kappa shape index (κ3) is 4.47. The standard InChI is InChI=1S/C15H21N3O2S/c1-10-12(6-4-8-17-10)18-15(20)11-5-2-3-7-13(11)21-9-14(16)19/h2-3,5,7,10,12,17H,4,6,8-9H2,1H3,(H2,16,19)(H,18,20). The molecule has 0 aromatic heterocycles. The molecule has 1 aliphatic rings. The number of nitrogens with two attached hydrogens (primary N) is 1. The van der Waals surface area contributed by atoms with Crippen LogP contribution in [0.4, 0.5) is 0 Å². The second kappa shape index (κ2) is 7.47. The fourth-order valence-corrected chi connectivity index (χ4v) is 3.21. The molecule has 0 aliphatic carbocycles.